The second-order valence-electron chi connectivity index (χ2n) is 5.84. The van der Waals surface area contributed by atoms with Crippen LogP contribution in [-0.4, -0.2) is 16.7 Å². The molecule has 0 aliphatic carbocycles. The number of benzene rings is 2. The Hall–Kier alpha value is -3.70. The van der Waals surface area contributed by atoms with E-state index < -0.39 is 23.3 Å². The number of carbonyl (C=O) groups is 2. The second kappa shape index (κ2) is 8.54. The summed E-state index contributed by atoms with van der Waals surface area (Å²) in [6, 6.07) is 12.8. The van der Waals surface area contributed by atoms with Gasteiger partial charge in [-0.3, -0.25) is 14.5 Å². The molecule has 3 aromatic rings. The molecular weight excluding hydrogens is 396 g/mol. The smallest absolute Gasteiger partial charge is 0.230 e. The van der Waals surface area contributed by atoms with Crippen LogP contribution in [0.5, 0.6) is 0 Å². The van der Waals surface area contributed by atoms with Gasteiger partial charge in [-0.2, -0.15) is 5.26 Å². The van der Waals surface area contributed by atoms with E-state index in [4.69, 9.17) is 0 Å². The molecule has 29 heavy (non-hydrogen) atoms. The second-order valence-corrected chi connectivity index (χ2v) is 6.68. The number of allylic oxidation sites excluding steroid dienone is 1. The lowest BCUT2D eigenvalue weighted by Crippen LogP contribution is -2.23. The van der Waals surface area contributed by atoms with Gasteiger partial charge in [-0.15, -0.1) is 11.3 Å². The van der Waals surface area contributed by atoms with Crippen LogP contribution in [-0.2, 0) is 4.79 Å². The van der Waals surface area contributed by atoms with Crippen molar-refractivity contribution in [1.82, 2.24) is 4.98 Å². The summed E-state index contributed by atoms with van der Waals surface area (Å²) in [7, 11) is 0. The largest absolute Gasteiger partial charge is 0.288 e. The summed E-state index contributed by atoms with van der Waals surface area (Å²) < 4.78 is 28.0. The van der Waals surface area contributed by atoms with Gasteiger partial charge in [0.2, 0.25) is 11.7 Å². The number of rotatable bonds is 5. The molecule has 0 fully saturated rings. The minimum Gasteiger partial charge on any atom is -0.288 e. The van der Waals surface area contributed by atoms with Gasteiger partial charge in [-0.05, 0) is 30.3 Å². The first-order chi connectivity index (χ1) is 13.9. The molecule has 0 atom stereocenters. The molecule has 144 valence electrons. The number of amides is 1. The zero-order valence-corrected chi connectivity index (χ0v) is 15.9. The highest BCUT2D eigenvalue weighted by Gasteiger charge is 2.21. The van der Waals surface area contributed by atoms with Crippen LogP contribution in [0.25, 0.3) is 6.08 Å². The molecule has 0 saturated heterocycles. The molecule has 0 bridgehead atoms. The minimum atomic E-state index is -0.780. The Morgan fingerprint density at radius 1 is 1.10 bits per heavy atom. The predicted octanol–water partition coefficient (Wildman–Crippen LogP) is 4.90. The third kappa shape index (κ3) is 4.25. The molecule has 1 amide bonds. The molecule has 3 rings (SSSR count). The van der Waals surface area contributed by atoms with E-state index in [1.807, 2.05) is 0 Å². The molecule has 1 aromatic heterocycles. The van der Waals surface area contributed by atoms with E-state index in [0.29, 0.717) is 0 Å². The van der Waals surface area contributed by atoms with Gasteiger partial charge >= 0.3 is 0 Å². The summed E-state index contributed by atoms with van der Waals surface area (Å²) in [4.78, 5) is 29.8. The molecule has 0 unspecified atom stereocenters. The summed E-state index contributed by atoms with van der Waals surface area (Å²) >= 11 is 1.04. The third-order valence-corrected chi connectivity index (χ3v) is 4.73. The monoisotopic (exact) mass is 409 g/mol. The Morgan fingerprint density at radius 2 is 1.76 bits per heavy atom. The lowest BCUT2D eigenvalue weighted by molar-refractivity contribution is -0.115. The van der Waals surface area contributed by atoms with E-state index >= 15 is 0 Å². The lowest BCUT2D eigenvalue weighted by Gasteiger charge is -2.18. The highest BCUT2D eigenvalue weighted by atomic mass is 32.1. The summed E-state index contributed by atoms with van der Waals surface area (Å²) in [5, 5.41) is 11.0. The number of hydrogen-bond donors (Lipinski definition) is 0. The van der Waals surface area contributed by atoms with Gasteiger partial charge in [0.1, 0.15) is 23.3 Å². The van der Waals surface area contributed by atoms with Crippen molar-refractivity contribution in [3.05, 3.63) is 82.4 Å². The molecule has 1 heterocycles. The van der Waals surface area contributed by atoms with Crippen molar-refractivity contribution < 1.29 is 18.4 Å². The number of carbonyl (C=O) groups excluding carboxylic acids is 2. The number of nitriles is 1. The molecule has 5 nitrogen and oxygen atoms in total. The Labute approximate surface area is 169 Å². The Kier molecular flexibility index (Phi) is 5.90. The molecule has 8 heteroatoms. The van der Waals surface area contributed by atoms with E-state index in [0.717, 1.165) is 22.3 Å². The van der Waals surface area contributed by atoms with E-state index in [1.165, 1.54) is 54.8 Å². The standard InChI is InChI=1S/C21H13F2N3O2S/c1-13(27)26(19-9-5-4-8-18(19)23)21-25-15(12-29-21)10-14(11-24)20(28)16-6-2-3-7-17(16)22/h2-10,12H,1H3/b14-10+. The van der Waals surface area contributed by atoms with Crippen LogP contribution in [0.2, 0.25) is 0 Å². The van der Waals surface area contributed by atoms with Gasteiger partial charge in [0.25, 0.3) is 0 Å². The first kappa shape index (κ1) is 20.0. The van der Waals surface area contributed by atoms with Gasteiger partial charge in [-0.25, -0.2) is 13.8 Å². The van der Waals surface area contributed by atoms with Crippen molar-refractivity contribution in [3.8, 4) is 6.07 Å². The number of halogens is 2. The third-order valence-electron chi connectivity index (χ3n) is 3.89. The van der Waals surface area contributed by atoms with Crippen LogP contribution >= 0.6 is 11.3 Å². The minimum absolute atomic E-state index is 0.0350. The number of Topliss-reactive ketones (excluding diaryl/α,β-unsaturated/α-hetero) is 1. The summed E-state index contributed by atoms with van der Waals surface area (Å²) in [6.45, 7) is 1.27. The average Bonchev–Trinajstić information content (AvgIpc) is 3.15. The van der Waals surface area contributed by atoms with Crippen molar-refractivity contribution in [2.24, 2.45) is 0 Å². The topological polar surface area (TPSA) is 74.1 Å². The first-order valence-corrected chi connectivity index (χ1v) is 9.22. The number of thiazole rings is 1. The van der Waals surface area contributed by atoms with Gasteiger partial charge in [-0.1, -0.05) is 24.3 Å². The van der Waals surface area contributed by atoms with Crippen LogP contribution in [0.15, 0.2) is 59.5 Å². The van der Waals surface area contributed by atoms with Crippen molar-refractivity contribution in [3.63, 3.8) is 0 Å². The molecule has 0 spiro atoms. The highest BCUT2D eigenvalue weighted by Crippen LogP contribution is 2.31. The maximum Gasteiger partial charge on any atom is 0.230 e. The van der Waals surface area contributed by atoms with Crippen LogP contribution in [0.4, 0.5) is 19.6 Å². The van der Waals surface area contributed by atoms with Crippen LogP contribution in [0.3, 0.4) is 0 Å². The van der Waals surface area contributed by atoms with Crippen molar-refractivity contribution >= 4 is 39.9 Å². The van der Waals surface area contributed by atoms with Gasteiger partial charge < -0.3 is 0 Å². The fraction of sp³-hybridized carbons (Fsp3) is 0.0476. The van der Waals surface area contributed by atoms with Gasteiger partial charge in [0, 0.05) is 12.3 Å². The zero-order valence-electron chi connectivity index (χ0n) is 15.1. The zero-order chi connectivity index (χ0) is 21.0. The Balaban J connectivity index is 1.97. The van der Waals surface area contributed by atoms with Crippen LogP contribution < -0.4 is 4.90 Å². The van der Waals surface area contributed by atoms with Crippen molar-refractivity contribution in [1.29, 1.82) is 5.26 Å². The van der Waals surface area contributed by atoms with Crippen molar-refractivity contribution in [2.45, 2.75) is 6.92 Å². The molecule has 0 aliphatic rings. The van der Waals surface area contributed by atoms with Gasteiger partial charge in [0.05, 0.1) is 16.9 Å². The molecule has 0 N–H and O–H groups in total. The first-order valence-electron chi connectivity index (χ1n) is 8.34. The fourth-order valence-corrected chi connectivity index (χ4v) is 3.41. The highest BCUT2D eigenvalue weighted by molar-refractivity contribution is 7.14. The number of nitrogens with zero attached hydrogens (tertiary/aromatic N) is 3. The molecule has 0 saturated carbocycles. The fourth-order valence-electron chi connectivity index (χ4n) is 2.57. The number of hydrogen-bond acceptors (Lipinski definition) is 5. The normalized spacial score (nSPS) is 11.0. The number of para-hydroxylation sites is 1. The molecule has 0 radical (unpaired) electrons. The van der Waals surface area contributed by atoms with E-state index in [-0.39, 0.29) is 27.6 Å². The number of aromatic nitrogens is 1. The van der Waals surface area contributed by atoms with Crippen LogP contribution in [0, 0.1) is 23.0 Å². The maximum absolute atomic E-state index is 14.1. The predicted molar refractivity (Wildman–Crippen MR) is 106 cm³/mol. The molecule has 2 aromatic carbocycles. The van der Waals surface area contributed by atoms with E-state index in [2.05, 4.69) is 4.98 Å². The van der Waals surface area contributed by atoms with Crippen LogP contribution in [0.1, 0.15) is 23.0 Å². The Bertz CT molecular complexity index is 1160. The number of anilines is 2. The maximum atomic E-state index is 14.1. The average molecular weight is 409 g/mol. The SMILES string of the molecule is CC(=O)N(c1nc(/C=C(\C#N)C(=O)c2ccccc2F)cs1)c1ccccc1F. The van der Waals surface area contributed by atoms with Crippen molar-refractivity contribution in [2.75, 3.05) is 4.90 Å². The summed E-state index contributed by atoms with van der Waals surface area (Å²) in [5.74, 6) is -2.57. The molecule has 0 aliphatic heterocycles. The van der Waals surface area contributed by atoms with Gasteiger partial charge in [0.15, 0.2) is 5.13 Å². The molecular formula is C21H13F2N3O2S. The van der Waals surface area contributed by atoms with E-state index in [1.54, 1.807) is 12.1 Å². The quantitative estimate of drug-likeness (QED) is 0.341. The van der Waals surface area contributed by atoms with E-state index in [9.17, 15) is 23.6 Å². The lowest BCUT2D eigenvalue weighted by atomic mass is 10.0. The Morgan fingerprint density at radius 3 is 2.38 bits per heavy atom. The number of ketones is 1. The summed E-state index contributed by atoms with van der Waals surface area (Å²) in [5.41, 5.74) is -0.290. The summed E-state index contributed by atoms with van der Waals surface area (Å²) in [6.07, 6.45) is 1.20.